The maximum absolute atomic E-state index is 12.6. The molecule has 1 heterocycles. The van der Waals surface area contributed by atoms with Crippen LogP contribution in [-0.4, -0.2) is 11.6 Å². The Morgan fingerprint density at radius 1 is 1.19 bits per heavy atom. The molecular weight excluding hydrogens is 281 g/mol. The molecule has 0 atom stereocenters. The quantitative estimate of drug-likeness (QED) is 0.865. The topological polar surface area (TPSA) is 45.9 Å². The number of hydrogen-bond donors (Lipinski definition) is 0. The van der Waals surface area contributed by atoms with Gasteiger partial charge in [-0.1, -0.05) is 6.07 Å². The van der Waals surface area contributed by atoms with Crippen molar-refractivity contribution in [1.29, 1.82) is 5.26 Å². The Morgan fingerprint density at radius 3 is 2.62 bits per heavy atom. The summed E-state index contributed by atoms with van der Waals surface area (Å²) in [7, 11) is 0. The summed E-state index contributed by atoms with van der Waals surface area (Å²) in [6.45, 7) is 0.233. The molecule has 2 rings (SSSR count). The number of hydrogen-bond acceptors (Lipinski definition) is 3. The lowest BCUT2D eigenvalue weighted by Crippen LogP contribution is -2.07. The highest BCUT2D eigenvalue weighted by atomic mass is 19.4. The van der Waals surface area contributed by atoms with Gasteiger partial charge in [-0.3, -0.25) is 4.98 Å². The number of rotatable bonds is 4. The van der Waals surface area contributed by atoms with Crippen LogP contribution in [0.3, 0.4) is 0 Å². The zero-order chi connectivity index (χ0) is 15.3. The third-order valence-corrected chi connectivity index (χ3v) is 2.77. The lowest BCUT2D eigenvalue weighted by Gasteiger charge is -2.11. The fourth-order valence-electron chi connectivity index (χ4n) is 1.73. The molecule has 0 saturated heterocycles. The van der Waals surface area contributed by atoms with Gasteiger partial charge in [-0.05, 0) is 30.3 Å². The average Bonchev–Trinajstić information content (AvgIpc) is 2.47. The van der Waals surface area contributed by atoms with Gasteiger partial charge >= 0.3 is 6.18 Å². The van der Waals surface area contributed by atoms with E-state index in [4.69, 9.17) is 10.00 Å². The number of alkyl halides is 3. The van der Waals surface area contributed by atoms with E-state index >= 15 is 0 Å². The van der Waals surface area contributed by atoms with E-state index in [9.17, 15) is 13.2 Å². The van der Waals surface area contributed by atoms with Crippen molar-refractivity contribution >= 4 is 0 Å². The molecule has 0 aliphatic heterocycles. The maximum atomic E-state index is 12.6. The first-order valence-corrected chi connectivity index (χ1v) is 6.15. The Labute approximate surface area is 119 Å². The average molecular weight is 292 g/mol. The van der Waals surface area contributed by atoms with Crippen molar-refractivity contribution in [3.63, 3.8) is 0 Å². The van der Waals surface area contributed by atoms with Crippen LogP contribution in [0.4, 0.5) is 13.2 Å². The summed E-state index contributed by atoms with van der Waals surface area (Å²) in [6, 6.07) is 10.0. The van der Waals surface area contributed by atoms with Crippen molar-refractivity contribution in [2.24, 2.45) is 0 Å². The molecule has 0 spiro atoms. The second-order valence-corrected chi connectivity index (χ2v) is 4.24. The molecule has 0 saturated carbocycles. The molecule has 108 valence electrons. The summed E-state index contributed by atoms with van der Waals surface area (Å²) in [6.07, 6.45) is -2.32. The Bertz CT molecular complexity index is 648. The van der Waals surface area contributed by atoms with Gasteiger partial charge in [0.2, 0.25) is 0 Å². The van der Waals surface area contributed by atoms with Gasteiger partial charge < -0.3 is 4.74 Å². The van der Waals surface area contributed by atoms with Gasteiger partial charge in [0.25, 0.3) is 0 Å². The molecular formula is C15H11F3N2O. The normalized spacial score (nSPS) is 11.0. The summed E-state index contributed by atoms with van der Waals surface area (Å²) < 4.78 is 43.0. The molecule has 0 aliphatic rings. The predicted molar refractivity (Wildman–Crippen MR) is 69.6 cm³/mol. The molecule has 0 fully saturated rings. The Hall–Kier alpha value is -2.55. The highest BCUT2D eigenvalue weighted by molar-refractivity contribution is 5.46. The number of nitrogens with zero attached hydrogens (tertiary/aromatic N) is 2. The SMILES string of the molecule is N#Cc1cc(C(F)(F)F)ccc1OCCc1ccccn1. The summed E-state index contributed by atoms with van der Waals surface area (Å²) in [5.41, 5.74) is -0.190. The third-order valence-electron chi connectivity index (χ3n) is 2.77. The molecule has 0 aliphatic carbocycles. The molecule has 0 radical (unpaired) electrons. The largest absolute Gasteiger partial charge is 0.492 e. The zero-order valence-electron chi connectivity index (χ0n) is 10.9. The molecule has 2 aromatic rings. The van der Waals surface area contributed by atoms with E-state index in [0.717, 1.165) is 17.8 Å². The van der Waals surface area contributed by atoms with Crippen LogP contribution < -0.4 is 4.74 Å². The van der Waals surface area contributed by atoms with Gasteiger partial charge in [0.05, 0.1) is 17.7 Å². The zero-order valence-corrected chi connectivity index (χ0v) is 10.9. The van der Waals surface area contributed by atoms with E-state index in [0.29, 0.717) is 6.42 Å². The number of benzene rings is 1. The number of pyridine rings is 1. The molecule has 1 aromatic heterocycles. The van der Waals surface area contributed by atoms with Crippen molar-refractivity contribution in [2.45, 2.75) is 12.6 Å². The fourth-order valence-corrected chi connectivity index (χ4v) is 1.73. The molecule has 0 amide bonds. The van der Waals surface area contributed by atoms with Gasteiger partial charge in [0.1, 0.15) is 11.8 Å². The van der Waals surface area contributed by atoms with Crippen LogP contribution in [-0.2, 0) is 12.6 Å². The number of halogens is 3. The second-order valence-electron chi connectivity index (χ2n) is 4.24. The molecule has 0 unspecified atom stereocenters. The first-order valence-electron chi connectivity index (χ1n) is 6.15. The van der Waals surface area contributed by atoms with Gasteiger partial charge in [0.15, 0.2) is 0 Å². The number of nitriles is 1. The lowest BCUT2D eigenvalue weighted by atomic mass is 10.1. The van der Waals surface area contributed by atoms with E-state index < -0.39 is 11.7 Å². The molecule has 0 bridgehead atoms. The van der Waals surface area contributed by atoms with Crippen molar-refractivity contribution in [2.75, 3.05) is 6.61 Å². The first-order chi connectivity index (χ1) is 10.0. The number of aromatic nitrogens is 1. The maximum Gasteiger partial charge on any atom is 0.416 e. The Kier molecular flexibility index (Phi) is 4.43. The monoisotopic (exact) mass is 292 g/mol. The van der Waals surface area contributed by atoms with Crippen molar-refractivity contribution in [1.82, 2.24) is 4.98 Å². The Morgan fingerprint density at radius 2 is 2.00 bits per heavy atom. The second kappa shape index (κ2) is 6.27. The van der Waals surface area contributed by atoms with Crippen LogP contribution in [0.1, 0.15) is 16.8 Å². The van der Waals surface area contributed by atoms with E-state index in [1.807, 2.05) is 12.1 Å². The first kappa shape index (κ1) is 14.9. The molecule has 3 nitrogen and oxygen atoms in total. The van der Waals surface area contributed by atoms with E-state index in [1.54, 1.807) is 18.3 Å². The van der Waals surface area contributed by atoms with Crippen LogP contribution in [0.25, 0.3) is 0 Å². The van der Waals surface area contributed by atoms with Gasteiger partial charge in [-0.15, -0.1) is 0 Å². The van der Waals surface area contributed by atoms with Gasteiger partial charge in [-0.2, -0.15) is 18.4 Å². The van der Waals surface area contributed by atoms with Crippen LogP contribution in [0.15, 0.2) is 42.6 Å². The summed E-state index contributed by atoms with van der Waals surface area (Å²) in [4.78, 5) is 4.11. The molecule has 6 heteroatoms. The van der Waals surface area contributed by atoms with Crippen LogP contribution >= 0.6 is 0 Å². The fraction of sp³-hybridized carbons (Fsp3) is 0.200. The molecule has 0 N–H and O–H groups in total. The smallest absolute Gasteiger partial charge is 0.416 e. The predicted octanol–water partition coefficient (Wildman–Crippen LogP) is 3.59. The minimum Gasteiger partial charge on any atom is -0.492 e. The molecule has 1 aromatic carbocycles. The van der Waals surface area contributed by atoms with Crippen LogP contribution in [0.2, 0.25) is 0 Å². The molecule has 21 heavy (non-hydrogen) atoms. The van der Waals surface area contributed by atoms with Crippen LogP contribution in [0, 0.1) is 11.3 Å². The van der Waals surface area contributed by atoms with Gasteiger partial charge in [-0.25, -0.2) is 0 Å². The van der Waals surface area contributed by atoms with E-state index in [-0.39, 0.29) is 17.9 Å². The standard InChI is InChI=1S/C15H11F3N2O/c16-15(17,18)12-4-5-14(11(9-12)10-19)21-8-6-13-3-1-2-7-20-13/h1-5,7,9H,6,8H2. The summed E-state index contributed by atoms with van der Waals surface area (Å²) in [5.74, 6) is 0.140. The minimum absolute atomic E-state index is 0.133. The van der Waals surface area contributed by atoms with Crippen molar-refractivity contribution < 1.29 is 17.9 Å². The van der Waals surface area contributed by atoms with Crippen molar-refractivity contribution in [3.8, 4) is 11.8 Å². The number of ether oxygens (including phenoxy) is 1. The van der Waals surface area contributed by atoms with Crippen LogP contribution in [0.5, 0.6) is 5.75 Å². The van der Waals surface area contributed by atoms with Crippen molar-refractivity contribution in [3.05, 3.63) is 59.4 Å². The summed E-state index contributed by atoms with van der Waals surface area (Å²) >= 11 is 0. The highest BCUT2D eigenvalue weighted by Crippen LogP contribution is 2.32. The lowest BCUT2D eigenvalue weighted by molar-refractivity contribution is -0.137. The van der Waals surface area contributed by atoms with E-state index in [2.05, 4.69) is 4.98 Å². The third kappa shape index (κ3) is 3.96. The minimum atomic E-state index is -4.47. The van der Waals surface area contributed by atoms with Gasteiger partial charge in [0, 0.05) is 18.3 Å². The highest BCUT2D eigenvalue weighted by Gasteiger charge is 2.31. The summed E-state index contributed by atoms with van der Waals surface area (Å²) in [5, 5.41) is 8.92. The Balaban J connectivity index is 2.05. The van der Waals surface area contributed by atoms with E-state index in [1.165, 1.54) is 6.07 Å².